The Labute approximate surface area is 136 Å². The van der Waals surface area contributed by atoms with Crippen molar-refractivity contribution >= 4 is 5.91 Å². The zero-order valence-corrected chi connectivity index (χ0v) is 14.6. The summed E-state index contributed by atoms with van der Waals surface area (Å²) in [7, 11) is 2.17. The lowest BCUT2D eigenvalue weighted by molar-refractivity contribution is -0.129. The van der Waals surface area contributed by atoms with Crippen molar-refractivity contribution < 1.29 is 4.79 Å². The van der Waals surface area contributed by atoms with Crippen molar-refractivity contribution in [1.82, 2.24) is 10.2 Å². The highest BCUT2D eigenvalue weighted by molar-refractivity contribution is 5.76. The molecule has 0 aromatic heterocycles. The second kappa shape index (κ2) is 6.90. The number of carbonyl (C=O) groups excluding carboxylic acids is 1. The molecule has 4 rings (SSSR count). The zero-order valence-electron chi connectivity index (χ0n) is 14.6. The maximum absolute atomic E-state index is 12.4. The first kappa shape index (κ1) is 16.3. The minimum atomic E-state index is 0.320. The third-order valence-corrected chi connectivity index (χ3v) is 6.34. The van der Waals surface area contributed by atoms with Gasteiger partial charge in [0, 0.05) is 13.0 Å². The second-order valence-corrected chi connectivity index (χ2v) is 8.60. The molecule has 0 atom stereocenters. The Morgan fingerprint density at radius 2 is 1.68 bits per heavy atom. The van der Waals surface area contributed by atoms with E-state index < -0.39 is 0 Å². The number of amides is 1. The van der Waals surface area contributed by atoms with Gasteiger partial charge in [0.15, 0.2) is 0 Å². The summed E-state index contributed by atoms with van der Waals surface area (Å²) in [4.78, 5) is 14.7. The molecule has 0 spiro atoms. The fourth-order valence-electron chi connectivity index (χ4n) is 5.98. The van der Waals surface area contributed by atoms with Gasteiger partial charge in [-0.3, -0.25) is 4.79 Å². The SMILES string of the molecule is CCCN(C)CCCNC(=O)CC12CC3CC(CC(C3)C1)C2. The summed E-state index contributed by atoms with van der Waals surface area (Å²) in [5.74, 6) is 3.16. The molecule has 1 N–H and O–H groups in total. The van der Waals surface area contributed by atoms with E-state index in [1.165, 1.54) is 44.9 Å². The van der Waals surface area contributed by atoms with Crippen molar-refractivity contribution in [1.29, 1.82) is 0 Å². The average Bonchev–Trinajstić information content (AvgIpc) is 2.42. The number of rotatable bonds is 8. The molecule has 4 bridgehead atoms. The van der Waals surface area contributed by atoms with Crippen molar-refractivity contribution in [2.24, 2.45) is 23.2 Å². The number of nitrogens with zero attached hydrogens (tertiary/aromatic N) is 1. The summed E-state index contributed by atoms with van der Waals surface area (Å²) in [5.41, 5.74) is 0.387. The topological polar surface area (TPSA) is 32.3 Å². The molecule has 3 nitrogen and oxygen atoms in total. The Morgan fingerprint density at radius 1 is 1.09 bits per heavy atom. The lowest BCUT2D eigenvalue weighted by Gasteiger charge is -2.56. The smallest absolute Gasteiger partial charge is 0.220 e. The molecule has 4 aliphatic rings. The van der Waals surface area contributed by atoms with Gasteiger partial charge in [-0.15, -0.1) is 0 Å². The van der Waals surface area contributed by atoms with E-state index >= 15 is 0 Å². The predicted octanol–water partition coefficient (Wildman–Crippen LogP) is 3.44. The van der Waals surface area contributed by atoms with Gasteiger partial charge in [0.2, 0.25) is 5.91 Å². The van der Waals surface area contributed by atoms with Gasteiger partial charge in [-0.2, -0.15) is 0 Å². The third kappa shape index (κ3) is 3.84. The maximum atomic E-state index is 12.4. The average molecular weight is 306 g/mol. The van der Waals surface area contributed by atoms with Crippen LogP contribution >= 0.6 is 0 Å². The van der Waals surface area contributed by atoms with Crippen LogP contribution in [0.3, 0.4) is 0 Å². The summed E-state index contributed by atoms with van der Waals surface area (Å²) in [5, 5.41) is 3.19. The van der Waals surface area contributed by atoms with E-state index in [0.29, 0.717) is 11.3 Å². The number of carbonyl (C=O) groups is 1. The molecule has 3 heteroatoms. The first-order valence-corrected chi connectivity index (χ1v) is 9.54. The van der Waals surface area contributed by atoms with Crippen LogP contribution in [0.5, 0.6) is 0 Å². The molecule has 4 saturated carbocycles. The third-order valence-electron chi connectivity index (χ3n) is 6.34. The van der Waals surface area contributed by atoms with Crippen LogP contribution in [0.25, 0.3) is 0 Å². The zero-order chi connectivity index (χ0) is 15.6. The summed E-state index contributed by atoms with van der Waals surface area (Å²) in [6, 6.07) is 0. The molecule has 1 amide bonds. The van der Waals surface area contributed by atoms with E-state index in [0.717, 1.165) is 50.2 Å². The highest BCUT2D eigenvalue weighted by Crippen LogP contribution is 2.61. The Morgan fingerprint density at radius 3 is 2.23 bits per heavy atom. The van der Waals surface area contributed by atoms with E-state index in [4.69, 9.17) is 0 Å². The van der Waals surface area contributed by atoms with Gasteiger partial charge >= 0.3 is 0 Å². The molecule has 0 radical (unpaired) electrons. The monoisotopic (exact) mass is 306 g/mol. The predicted molar refractivity (Wildman–Crippen MR) is 90.6 cm³/mol. The van der Waals surface area contributed by atoms with E-state index in [1.807, 2.05) is 0 Å². The summed E-state index contributed by atoms with van der Waals surface area (Å²) in [6.45, 7) is 5.30. The fourth-order valence-corrected chi connectivity index (χ4v) is 5.98. The highest BCUT2D eigenvalue weighted by Gasteiger charge is 2.51. The van der Waals surface area contributed by atoms with E-state index in [2.05, 4.69) is 24.2 Å². The molecule has 4 fully saturated rings. The first-order valence-electron chi connectivity index (χ1n) is 9.54. The summed E-state index contributed by atoms with van der Waals surface area (Å²) < 4.78 is 0. The van der Waals surface area contributed by atoms with Crippen LogP contribution < -0.4 is 5.32 Å². The molecular formula is C19H34N2O. The molecule has 0 aliphatic heterocycles. The van der Waals surface area contributed by atoms with Crippen LogP contribution in [0, 0.1) is 23.2 Å². The van der Waals surface area contributed by atoms with E-state index in [9.17, 15) is 4.79 Å². The maximum Gasteiger partial charge on any atom is 0.220 e. The summed E-state index contributed by atoms with van der Waals surface area (Å²) >= 11 is 0. The largest absolute Gasteiger partial charge is 0.356 e. The van der Waals surface area contributed by atoms with Gasteiger partial charge in [-0.1, -0.05) is 6.92 Å². The molecule has 4 aliphatic carbocycles. The summed E-state index contributed by atoms with van der Waals surface area (Å²) in [6.07, 6.45) is 11.5. The number of hydrogen-bond donors (Lipinski definition) is 1. The van der Waals surface area contributed by atoms with Crippen molar-refractivity contribution in [2.75, 3.05) is 26.7 Å². The standard InChI is InChI=1S/C19H34N2O/c1-3-6-21(2)7-4-5-20-18(22)14-19-11-15-8-16(12-19)10-17(9-15)13-19/h15-17H,3-14H2,1-2H3,(H,20,22). The van der Waals surface area contributed by atoms with Crippen molar-refractivity contribution in [2.45, 2.75) is 64.7 Å². The van der Waals surface area contributed by atoms with Gasteiger partial charge in [-0.05, 0) is 94.7 Å². The second-order valence-electron chi connectivity index (χ2n) is 8.60. The minimum absolute atomic E-state index is 0.320. The fraction of sp³-hybridized carbons (Fsp3) is 0.947. The molecule has 126 valence electrons. The number of hydrogen-bond acceptors (Lipinski definition) is 2. The van der Waals surface area contributed by atoms with Gasteiger partial charge < -0.3 is 10.2 Å². The minimum Gasteiger partial charge on any atom is -0.356 e. The molecule has 0 aromatic rings. The van der Waals surface area contributed by atoms with Crippen LogP contribution in [-0.2, 0) is 4.79 Å². The van der Waals surface area contributed by atoms with Crippen molar-refractivity contribution in [3.8, 4) is 0 Å². The highest BCUT2D eigenvalue weighted by atomic mass is 16.1. The number of nitrogens with one attached hydrogen (secondary N) is 1. The van der Waals surface area contributed by atoms with Gasteiger partial charge in [-0.25, -0.2) is 0 Å². The first-order chi connectivity index (χ1) is 10.6. The normalized spacial score (nSPS) is 36.0. The molecule has 0 heterocycles. The molecule has 0 unspecified atom stereocenters. The van der Waals surface area contributed by atoms with Crippen LogP contribution in [-0.4, -0.2) is 37.5 Å². The van der Waals surface area contributed by atoms with Crippen LogP contribution in [0.4, 0.5) is 0 Å². The Kier molecular flexibility index (Phi) is 5.11. The Hall–Kier alpha value is -0.570. The lowest BCUT2D eigenvalue weighted by atomic mass is 9.49. The van der Waals surface area contributed by atoms with Crippen molar-refractivity contribution in [3.05, 3.63) is 0 Å². The van der Waals surface area contributed by atoms with Gasteiger partial charge in [0.1, 0.15) is 0 Å². The molecular weight excluding hydrogens is 272 g/mol. The van der Waals surface area contributed by atoms with Gasteiger partial charge in [0.05, 0.1) is 0 Å². The quantitative estimate of drug-likeness (QED) is 0.697. The molecule has 0 saturated heterocycles. The molecule has 0 aromatic carbocycles. The van der Waals surface area contributed by atoms with E-state index in [1.54, 1.807) is 0 Å². The molecule has 22 heavy (non-hydrogen) atoms. The van der Waals surface area contributed by atoms with Crippen LogP contribution in [0.15, 0.2) is 0 Å². The van der Waals surface area contributed by atoms with Gasteiger partial charge in [0.25, 0.3) is 0 Å². The van der Waals surface area contributed by atoms with Crippen LogP contribution in [0.2, 0.25) is 0 Å². The Balaban J connectivity index is 1.39. The van der Waals surface area contributed by atoms with Crippen LogP contribution in [0.1, 0.15) is 64.7 Å². The van der Waals surface area contributed by atoms with E-state index in [-0.39, 0.29) is 0 Å². The lowest BCUT2D eigenvalue weighted by Crippen LogP contribution is -2.48. The van der Waals surface area contributed by atoms with Crippen molar-refractivity contribution in [3.63, 3.8) is 0 Å². The Bertz CT molecular complexity index is 358.